The molecule has 10 N–H and O–H groups in total. The lowest BCUT2D eigenvalue weighted by Crippen LogP contribution is -2.67. The van der Waals surface area contributed by atoms with Gasteiger partial charge in [0.05, 0.1) is 32.7 Å². The second kappa shape index (κ2) is 17.3. The minimum absolute atomic E-state index is 0.129. The molecule has 15 atom stereocenters. The first-order valence-corrected chi connectivity index (χ1v) is 15.5. The second-order valence-corrected chi connectivity index (χ2v) is 11.9. The van der Waals surface area contributed by atoms with Gasteiger partial charge in [0.2, 0.25) is 0 Å². The van der Waals surface area contributed by atoms with Crippen LogP contribution in [0.2, 0.25) is 0 Å². The molecule has 4 heterocycles. The summed E-state index contributed by atoms with van der Waals surface area (Å²) in [5.41, 5.74) is 0. The normalized spacial score (nSPS) is 41.0. The van der Waals surface area contributed by atoms with Gasteiger partial charge in [-0.3, -0.25) is 14.4 Å². The summed E-state index contributed by atoms with van der Waals surface area (Å²) in [4.78, 5) is 57.2. The third-order valence-electron chi connectivity index (χ3n) is 8.43. The molecule has 0 saturated carbocycles. The van der Waals surface area contributed by atoms with E-state index in [4.69, 9.17) is 28.5 Å². The maximum absolute atomic E-state index is 12.4. The minimum Gasteiger partial charge on any atom is -0.394 e. The lowest BCUT2D eigenvalue weighted by molar-refractivity contribution is -0.381. The number of aliphatic hydroxyl groups is 10. The molecule has 4 aliphatic heterocycles. The van der Waals surface area contributed by atoms with Gasteiger partial charge < -0.3 is 84.4 Å². The standard InChI is InChI=1S/C27H42N2O21/c1-28(49-14(35)4-5-15(36)50-29-12(33)2-3-13(29)34)25-20(41)19(40)23(11(8-32)44-25)47-27-22(43)24(17(38)10(7-31)46-27)48-26-21(42)18(39)16(37)9(6-30)45-26/h9-11,16-27,30-32,37-43H,2-8H2,1H3. The van der Waals surface area contributed by atoms with Crippen LogP contribution in [0.3, 0.4) is 0 Å². The zero-order valence-corrected chi connectivity index (χ0v) is 26.5. The molecule has 23 nitrogen and oxygen atoms in total. The summed E-state index contributed by atoms with van der Waals surface area (Å²) in [7, 11) is 1.11. The van der Waals surface area contributed by atoms with Crippen molar-refractivity contribution in [3.63, 3.8) is 0 Å². The van der Waals surface area contributed by atoms with Crippen molar-refractivity contribution in [1.82, 2.24) is 10.1 Å². The number of hydrogen-bond donors (Lipinski definition) is 10. The summed E-state index contributed by atoms with van der Waals surface area (Å²) in [6.07, 6.45) is -28.1. The van der Waals surface area contributed by atoms with Crippen LogP contribution in [-0.4, -0.2) is 204 Å². The fourth-order valence-electron chi connectivity index (χ4n) is 5.62. The molecule has 4 saturated heterocycles. The smallest absolute Gasteiger partial charge is 0.333 e. The quantitative estimate of drug-likeness (QED) is 0.0621. The Balaban J connectivity index is 1.37. The molecule has 0 aromatic rings. The maximum atomic E-state index is 12.4. The second-order valence-electron chi connectivity index (χ2n) is 11.9. The van der Waals surface area contributed by atoms with E-state index in [9.17, 15) is 70.2 Å². The highest BCUT2D eigenvalue weighted by molar-refractivity contribution is 6.01. The topological polar surface area (TPSA) is 342 Å². The molecule has 15 unspecified atom stereocenters. The number of ether oxygens (including phenoxy) is 5. The monoisotopic (exact) mass is 730 g/mol. The summed E-state index contributed by atoms with van der Waals surface area (Å²) < 4.78 is 27.4. The first kappa shape index (κ1) is 40.2. The number of nitrogens with zero attached hydrogens (tertiary/aromatic N) is 2. The van der Waals surface area contributed by atoms with Crippen molar-refractivity contribution in [1.29, 1.82) is 0 Å². The van der Waals surface area contributed by atoms with Crippen LogP contribution in [0.5, 0.6) is 0 Å². The molecule has 23 heteroatoms. The van der Waals surface area contributed by atoms with Gasteiger partial charge >= 0.3 is 11.9 Å². The van der Waals surface area contributed by atoms with Crippen LogP contribution in [0.1, 0.15) is 25.7 Å². The average molecular weight is 731 g/mol. The van der Waals surface area contributed by atoms with Crippen LogP contribution in [0, 0.1) is 0 Å². The zero-order chi connectivity index (χ0) is 37.0. The van der Waals surface area contributed by atoms with E-state index in [1.807, 2.05) is 0 Å². The van der Waals surface area contributed by atoms with E-state index in [0.717, 1.165) is 7.05 Å². The predicted molar refractivity (Wildman–Crippen MR) is 149 cm³/mol. The van der Waals surface area contributed by atoms with Crippen molar-refractivity contribution < 1.29 is 104 Å². The first-order chi connectivity index (χ1) is 23.6. The van der Waals surface area contributed by atoms with Gasteiger partial charge in [-0.05, 0) is 0 Å². The van der Waals surface area contributed by atoms with Crippen LogP contribution >= 0.6 is 0 Å². The highest BCUT2D eigenvalue weighted by Crippen LogP contribution is 2.33. The number of likely N-dealkylation sites (N-methyl/N-ethyl adjacent to an activating group) is 1. The van der Waals surface area contributed by atoms with Crippen LogP contribution in [0.25, 0.3) is 0 Å². The Labute approximate surface area is 282 Å². The summed E-state index contributed by atoms with van der Waals surface area (Å²) in [6.45, 7) is -2.59. The Morgan fingerprint density at radius 3 is 1.76 bits per heavy atom. The Morgan fingerprint density at radius 2 is 1.18 bits per heavy atom. The van der Waals surface area contributed by atoms with Gasteiger partial charge in [0.25, 0.3) is 11.8 Å². The third-order valence-corrected chi connectivity index (χ3v) is 8.43. The van der Waals surface area contributed by atoms with Crippen molar-refractivity contribution in [2.75, 3.05) is 26.9 Å². The molecule has 0 radical (unpaired) electrons. The largest absolute Gasteiger partial charge is 0.394 e. The van der Waals surface area contributed by atoms with Crippen molar-refractivity contribution >= 4 is 23.8 Å². The number of carbonyl (C=O) groups excluding carboxylic acids is 4. The van der Waals surface area contributed by atoms with Crippen molar-refractivity contribution in [2.24, 2.45) is 0 Å². The Hall–Kier alpha value is -2.56. The highest BCUT2D eigenvalue weighted by atomic mass is 16.8. The number of amides is 2. The summed E-state index contributed by atoms with van der Waals surface area (Å²) >= 11 is 0. The van der Waals surface area contributed by atoms with E-state index in [1.165, 1.54) is 0 Å². The van der Waals surface area contributed by atoms with Crippen LogP contribution in [-0.2, 0) is 52.5 Å². The van der Waals surface area contributed by atoms with Gasteiger partial charge in [0, 0.05) is 19.9 Å². The van der Waals surface area contributed by atoms with Gasteiger partial charge in [-0.25, -0.2) is 4.79 Å². The SMILES string of the molecule is CN(OC(=O)CCC(=O)ON1C(=O)CCC1=O)C1OC(CO)C(OC2OC(CO)C(O)C(OC3OC(CO)C(O)C(O)C3O)C2O)C(O)C1O. The fraction of sp³-hybridized carbons (Fsp3) is 0.852. The van der Waals surface area contributed by atoms with E-state index in [-0.39, 0.29) is 12.8 Å². The summed E-state index contributed by atoms with van der Waals surface area (Å²) in [5.74, 6) is -3.58. The van der Waals surface area contributed by atoms with Crippen molar-refractivity contribution in [3.05, 3.63) is 0 Å². The number of hydroxylamine groups is 4. The molecule has 4 aliphatic rings. The molecule has 286 valence electrons. The molecule has 50 heavy (non-hydrogen) atoms. The minimum atomic E-state index is -2.02. The molecule has 2 amide bonds. The Morgan fingerprint density at radius 1 is 0.660 bits per heavy atom. The molecular weight excluding hydrogens is 688 g/mol. The third kappa shape index (κ3) is 8.72. The molecule has 0 aromatic carbocycles. The van der Waals surface area contributed by atoms with Crippen LogP contribution in [0.4, 0.5) is 0 Å². The van der Waals surface area contributed by atoms with Crippen LogP contribution < -0.4 is 0 Å². The lowest BCUT2D eigenvalue weighted by atomic mass is 9.95. The molecule has 0 aromatic heterocycles. The Kier molecular flexibility index (Phi) is 13.9. The van der Waals surface area contributed by atoms with E-state index in [1.54, 1.807) is 0 Å². The average Bonchev–Trinajstić information content (AvgIpc) is 3.40. The molecule has 4 rings (SSSR count). The van der Waals surface area contributed by atoms with Gasteiger partial charge in [0.15, 0.2) is 18.8 Å². The first-order valence-electron chi connectivity index (χ1n) is 15.5. The number of carbonyl (C=O) groups is 4. The number of aliphatic hydroxyl groups excluding tert-OH is 10. The van der Waals surface area contributed by atoms with Crippen LogP contribution in [0.15, 0.2) is 0 Å². The molecule has 0 bridgehead atoms. The summed E-state index contributed by atoms with van der Waals surface area (Å²) in [5, 5.41) is 104. The molecular formula is C27H42N2O21. The molecule has 4 fully saturated rings. The number of imide groups is 1. The predicted octanol–water partition coefficient (Wildman–Crippen LogP) is -7.79. The van der Waals surface area contributed by atoms with Gasteiger partial charge in [-0.2, -0.15) is 0 Å². The van der Waals surface area contributed by atoms with E-state index >= 15 is 0 Å². The Bertz CT molecular complexity index is 1180. The zero-order valence-electron chi connectivity index (χ0n) is 26.5. The van der Waals surface area contributed by atoms with Crippen molar-refractivity contribution in [3.8, 4) is 0 Å². The molecule has 0 aliphatic carbocycles. The van der Waals surface area contributed by atoms with Crippen molar-refractivity contribution in [2.45, 2.75) is 118 Å². The molecule has 0 spiro atoms. The lowest BCUT2D eigenvalue weighted by Gasteiger charge is -2.48. The van der Waals surface area contributed by atoms with E-state index in [2.05, 4.69) is 4.84 Å². The summed E-state index contributed by atoms with van der Waals surface area (Å²) in [6, 6.07) is 0. The van der Waals surface area contributed by atoms with Gasteiger partial charge in [-0.15, -0.1) is 10.1 Å². The van der Waals surface area contributed by atoms with Gasteiger partial charge in [0.1, 0.15) is 73.2 Å². The maximum Gasteiger partial charge on any atom is 0.333 e. The van der Waals surface area contributed by atoms with Gasteiger partial charge in [-0.1, -0.05) is 0 Å². The fourth-order valence-corrected chi connectivity index (χ4v) is 5.62. The number of hydrogen-bond acceptors (Lipinski definition) is 22. The highest BCUT2D eigenvalue weighted by Gasteiger charge is 2.54. The number of rotatable bonds is 13. The van der Waals surface area contributed by atoms with E-state index in [0.29, 0.717) is 10.1 Å². The van der Waals surface area contributed by atoms with E-state index < -0.39 is 148 Å².